The Hall–Kier alpha value is -2.50. The van der Waals surface area contributed by atoms with Gasteiger partial charge in [-0.1, -0.05) is 6.07 Å². The number of nitrogens with one attached hydrogen (secondary N) is 1. The molecule has 2 aliphatic rings. The molecule has 2 atom stereocenters. The lowest BCUT2D eigenvalue weighted by Crippen LogP contribution is -2.30. The molecule has 26 heavy (non-hydrogen) atoms. The van der Waals surface area contributed by atoms with Gasteiger partial charge in [0.2, 0.25) is 5.91 Å². The Kier molecular flexibility index (Phi) is 4.57. The SMILES string of the molecule is CCN1C(=O)C[C@@H](CNc2cc(C)nc(C3CC3)n2)[C@@H]1c1cccnc1. The summed E-state index contributed by atoms with van der Waals surface area (Å²) in [6.45, 7) is 5.47. The Balaban J connectivity index is 1.52. The van der Waals surface area contributed by atoms with Crippen molar-refractivity contribution in [1.82, 2.24) is 19.9 Å². The first-order chi connectivity index (χ1) is 12.7. The van der Waals surface area contributed by atoms with Crippen LogP contribution in [0.1, 0.15) is 55.2 Å². The van der Waals surface area contributed by atoms with Gasteiger partial charge in [0, 0.05) is 55.5 Å². The molecule has 1 aliphatic carbocycles. The van der Waals surface area contributed by atoms with Crippen molar-refractivity contribution in [3.8, 4) is 0 Å². The van der Waals surface area contributed by atoms with Gasteiger partial charge in [0.05, 0.1) is 6.04 Å². The Labute approximate surface area is 154 Å². The second kappa shape index (κ2) is 7.02. The van der Waals surface area contributed by atoms with E-state index >= 15 is 0 Å². The number of nitrogens with zero attached hydrogens (tertiary/aromatic N) is 4. The molecular weight excluding hydrogens is 326 g/mol. The van der Waals surface area contributed by atoms with Crippen molar-refractivity contribution in [3.05, 3.63) is 47.7 Å². The van der Waals surface area contributed by atoms with Gasteiger partial charge in [-0.15, -0.1) is 0 Å². The largest absolute Gasteiger partial charge is 0.370 e. The lowest BCUT2D eigenvalue weighted by Gasteiger charge is -2.27. The Morgan fingerprint density at radius 3 is 2.85 bits per heavy atom. The smallest absolute Gasteiger partial charge is 0.223 e. The average Bonchev–Trinajstić information content (AvgIpc) is 3.44. The van der Waals surface area contributed by atoms with E-state index in [9.17, 15) is 4.79 Å². The molecule has 3 heterocycles. The van der Waals surface area contributed by atoms with Crippen LogP contribution in [0.3, 0.4) is 0 Å². The number of hydrogen-bond donors (Lipinski definition) is 1. The second-order valence-corrected chi connectivity index (χ2v) is 7.28. The summed E-state index contributed by atoms with van der Waals surface area (Å²) in [6, 6.07) is 6.05. The van der Waals surface area contributed by atoms with Crippen molar-refractivity contribution in [2.75, 3.05) is 18.4 Å². The zero-order chi connectivity index (χ0) is 18.1. The minimum absolute atomic E-state index is 0.0690. The first-order valence-corrected chi connectivity index (χ1v) is 9.44. The van der Waals surface area contributed by atoms with Crippen LogP contribution in [0.25, 0.3) is 0 Å². The predicted molar refractivity (Wildman–Crippen MR) is 99.7 cm³/mol. The molecule has 1 saturated carbocycles. The minimum atomic E-state index is 0.0690. The standard InChI is InChI=1S/C20H25N5O/c1-3-25-18(26)10-16(19(25)15-5-4-8-21-11-15)12-22-17-9-13(2)23-20(24-17)14-6-7-14/h4-5,8-9,11,14,16,19H,3,6-7,10,12H2,1-2H3,(H,22,23,24)/t16-,19-/m0/s1. The lowest BCUT2D eigenvalue weighted by atomic mass is 9.94. The van der Waals surface area contributed by atoms with E-state index in [0.717, 1.165) is 22.9 Å². The third-order valence-corrected chi connectivity index (χ3v) is 5.27. The summed E-state index contributed by atoms with van der Waals surface area (Å²) < 4.78 is 0. The fraction of sp³-hybridized carbons (Fsp3) is 0.500. The molecule has 2 fully saturated rings. The molecule has 0 aromatic carbocycles. The second-order valence-electron chi connectivity index (χ2n) is 7.28. The van der Waals surface area contributed by atoms with Gasteiger partial charge in [0.25, 0.3) is 0 Å². The van der Waals surface area contributed by atoms with Gasteiger partial charge in [-0.25, -0.2) is 9.97 Å². The number of aryl methyl sites for hydroxylation is 1. The number of aromatic nitrogens is 3. The van der Waals surface area contributed by atoms with Gasteiger partial charge in [0.1, 0.15) is 11.6 Å². The highest BCUT2D eigenvalue weighted by atomic mass is 16.2. The molecule has 6 nitrogen and oxygen atoms in total. The quantitative estimate of drug-likeness (QED) is 0.866. The van der Waals surface area contributed by atoms with Gasteiger partial charge < -0.3 is 10.2 Å². The van der Waals surface area contributed by atoms with Crippen LogP contribution in [0, 0.1) is 12.8 Å². The summed E-state index contributed by atoms with van der Waals surface area (Å²) in [6.07, 6.45) is 6.58. The molecule has 1 N–H and O–H groups in total. The molecule has 2 aromatic heterocycles. The third kappa shape index (κ3) is 3.41. The van der Waals surface area contributed by atoms with Crippen molar-refractivity contribution in [3.63, 3.8) is 0 Å². The van der Waals surface area contributed by atoms with E-state index in [1.165, 1.54) is 12.8 Å². The molecule has 4 rings (SSSR count). The van der Waals surface area contributed by atoms with E-state index in [-0.39, 0.29) is 17.9 Å². The first kappa shape index (κ1) is 16.9. The van der Waals surface area contributed by atoms with Crippen LogP contribution in [0.5, 0.6) is 0 Å². The maximum absolute atomic E-state index is 12.5. The van der Waals surface area contributed by atoms with Crippen LogP contribution >= 0.6 is 0 Å². The van der Waals surface area contributed by atoms with E-state index < -0.39 is 0 Å². The number of carbonyl (C=O) groups excluding carboxylic acids is 1. The molecule has 1 amide bonds. The van der Waals surface area contributed by atoms with Gasteiger partial charge in [0.15, 0.2) is 0 Å². The van der Waals surface area contributed by atoms with Crippen LogP contribution in [0.15, 0.2) is 30.6 Å². The highest BCUT2D eigenvalue weighted by molar-refractivity contribution is 5.79. The van der Waals surface area contributed by atoms with E-state index in [1.807, 2.05) is 37.1 Å². The molecular formula is C20H25N5O. The highest BCUT2D eigenvalue weighted by Crippen LogP contribution is 2.39. The van der Waals surface area contributed by atoms with Gasteiger partial charge in [-0.05, 0) is 38.3 Å². The number of anilines is 1. The van der Waals surface area contributed by atoms with Crippen LogP contribution in [0.2, 0.25) is 0 Å². The first-order valence-electron chi connectivity index (χ1n) is 9.44. The molecule has 136 valence electrons. The number of pyridine rings is 1. The van der Waals surface area contributed by atoms with Crippen molar-refractivity contribution in [2.45, 2.75) is 45.1 Å². The predicted octanol–water partition coefficient (Wildman–Crippen LogP) is 3.08. The number of hydrogen-bond acceptors (Lipinski definition) is 5. The molecule has 2 aromatic rings. The molecule has 1 aliphatic heterocycles. The van der Waals surface area contributed by atoms with Crippen LogP contribution in [-0.4, -0.2) is 38.8 Å². The molecule has 1 saturated heterocycles. The number of rotatable bonds is 6. The summed E-state index contributed by atoms with van der Waals surface area (Å²) in [5.41, 5.74) is 2.09. The minimum Gasteiger partial charge on any atom is -0.370 e. The molecule has 0 radical (unpaired) electrons. The van der Waals surface area contributed by atoms with Crippen LogP contribution in [0.4, 0.5) is 5.82 Å². The zero-order valence-corrected chi connectivity index (χ0v) is 15.4. The van der Waals surface area contributed by atoms with Crippen molar-refractivity contribution in [1.29, 1.82) is 0 Å². The summed E-state index contributed by atoms with van der Waals surface area (Å²) >= 11 is 0. The maximum Gasteiger partial charge on any atom is 0.223 e. The van der Waals surface area contributed by atoms with E-state index in [2.05, 4.69) is 26.3 Å². The van der Waals surface area contributed by atoms with Crippen molar-refractivity contribution in [2.24, 2.45) is 5.92 Å². The Morgan fingerprint density at radius 2 is 2.15 bits per heavy atom. The summed E-state index contributed by atoms with van der Waals surface area (Å²) in [5, 5.41) is 3.47. The lowest BCUT2D eigenvalue weighted by molar-refractivity contribution is -0.128. The molecule has 0 unspecified atom stereocenters. The van der Waals surface area contributed by atoms with Gasteiger partial charge in [-0.2, -0.15) is 0 Å². The zero-order valence-electron chi connectivity index (χ0n) is 15.4. The number of carbonyl (C=O) groups is 1. The van der Waals surface area contributed by atoms with E-state index in [4.69, 9.17) is 0 Å². The van der Waals surface area contributed by atoms with Gasteiger partial charge >= 0.3 is 0 Å². The summed E-state index contributed by atoms with van der Waals surface area (Å²) in [7, 11) is 0. The molecule has 0 spiro atoms. The summed E-state index contributed by atoms with van der Waals surface area (Å²) in [5.74, 6) is 2.76. The number of amides is 1. The monoisotopic (exact) mass is 351 g/mol. The highest BCUT2D eigenvalue weighted by Gasteiger charge is 2.39. The van der Waals surface area contributed by atoms with Crippen LogP contribution < -0.4 is 5.32 Å². The normalized spacial score (nSPS) is 22.7. The average molecular weight is 351 g/mol. The van der Waals surface area contributed by atoms with E-state index in [0.29, 0.717) is 25.4 Å². The van der Waals surface area contributed by atoms with Crippen LogP contribution in [-0.2, 0) is 4.79 Å². The molecule has 6 heteroatoms. The van der Waals surface area contributed by atoms with Crippen molar-refractivity contribution >= 4 is 11.7 Å². The maximum atomic E-state index is 12.5. The van der Waals surface area contributed by atoms with Crippen molar-refractivity contribution < 1.29 is 4.79 Å². The number of likely N-dealkylation sites (tertiary alicyclic amines) is 1. The van der Waals surface area contributed by atoms with Gasteiger partial charge in [-0.3, -0.25) is 9.78 Å². The fourth-order valence-corrected chi connectivity index (χ4v) is 3.86. The summed E-state index contributed by atoms with van der Waals surface area (Å²) in [4.78, 5) is 27.9. The topological polar surface area (TPSA) is 71.0 Å². The fourth-order valence-electron chi connectivity index (χ4n) is 3.86. The Morgan fingerprint density at radius 1 is 1.31 bits per heavy atom. The Bertz CT molecular complexity index is 790. The third-order valence-electron chi connectivity index (χ3n) is 5.27. The van der Waals surface area contributed by atoms with E-state index in [1.54, 1.807) is 6.20 Å². The molecule has 0 bridgehead atoms.